The van der Waals surface area contributed by atoms with Crippen LogP contribution in [0.2, 0.25) is 0 Å². The van der Waals surface area contributed by atoms with Crippen LogP contribution in [-0.2, 0) is 0 Å². The van der Waals surface area contributed by atoms with E-state index in [0.29, 0.717) is 12.1 Å². The number of anilines is 1. The van der Waals surface area contributed by atoms with Crippen molar-refractivity contribution in [1.29, 1.82) is 0 Å². The summed E-state index contributed by atoms with van der Waals surface area (Å²) in [4.78, 5) is 4.08. The first-order chi connectivity index (χ1) is 13.8. The summed E-state index contributed by atoms with van der Waals surface area (Å²) >= 11 is 0. The Morgan fingerprint density at radius 1 is 1.11 bits per heavy atom. The Bertz CT molecular complexity index is 732. The molecular weight excluding hydrogens is 352 g/mol. The molecule has 1 saturated carbocycles. The fourth-order valence-corrected chi connectivity index (χ4v) is 4.86. The van der Waals surface area contributed by atoms with E-state index in [-0.39, 0.29) is 0 Å². The van der Waals surface area contributed by atoms with E-state index in [0.717, 1.165) is 44.2 Å². The first-order valence-corrected chi connectivity index (χ1v) is 10.8. The Balaban J connectivity index is 1.42. The molecule has 0 unspecified atom stereocenters. The number of benzene rings is 1. The average molecular weight is 386 g/mol. The summed E-state index contributed by atoms with van der Waals surface area (Å²) in [6, 6.07) is 9.28. The topological polar surface area (TPSA) is 60.5 Å². The molecule has 152 valence electrons. The Morgan fingerprint density at radius 3 is 2.46 bits per heavy atom. The van der Waals surface area contributed by atoms with Gasteiger partial charge in [-0.15, -0.1) is 5.10 Å². The van der Waals surface area contributed by atoms with Gasteiger partial charge in [0.1, 0.15) is 11.8 Å². The van der Waals surface area contributed by atoms with Gasteiger partial charge in [0.2, 0.25) is 5.82 Å². The summed E-state index contributed by atoms with van der Waals surface area (Å²) in [5.41, 5.74) is 1.28. The monoisotopic (exact) mass is 385 g/mol. The lowest BCUT2D eigenvalue weighted by Crippen LogP contribution is -3.15. The maximum absolute atomic E-state index is 5.28. The summed E-state index contributed by atoms with van der Waals surface area (Å²) in [7, 11) is 1.71. The van der Waals surface area contributed by atoms with Crippen molar-refractivity contribution in [3.8, 4) is 5.75 Å². The number of aromatic nitrogens is 4. The Labute approximate surface area is 167 Å². The molecule has 0 radical (unpaired) electrons. The smallest absolute Gasteiger partial charge is 0.209 e. The minimum absolute atomic E-state index is 0.384. The van der Waals surface area contributed by atoms with Crippen LogP contribution in [0.25, 0.3) is 0 Å². The number of ether oxygens (including phenoxy) is 1. The van der Waals surface area contributed by atoms with E-state index in [1.54, 1.807) is 12.0 Å². The van der Waals surface area contributed by atoms with Crippen LogP contribution in [-0.4, -0.2) is 53.5 Å². The summed E-state index contributed by atoms with van der Waals surface area (Å²) in [5, 5.41) is 13.0. The Morgan fingerprint density at radius 2 is 1.82 bits per heavy atom. The van der Waals surface area contributed by atoms with E-state index in [4.69, 9.17) is 4.74 Å². The summed E-state index contributed by atoms with van der Waals surface area (Å²) in [5.74, 6) is 2.01. The van der Waals surface area contributed by atoms with Crippen LogP contribution in [0.15, 0.2) is 24.3 Å². The lowest BCUT2D eigenvalue weighted by atomic mass is 9.95. The maximum Gasteiger partial charge on any atom is 0.209 e. The molecule has 4 rings (SSSR count). The fourth-order valence-electron chi connectivity index (χ4n) is 4.86. The molecule has 1 aliphatic heterocycles. The van der Waals surface area contributed by atoms with Crippen LogP contribution in [0.1, 0.15) is 63.4 Å². The molecule has 1 saturated heterocycles. The molecular formula is C21H33N6O+. The molecule has 1 aliphatic carbocycles. The summed E-state index contributed by atoms with van der Waals surface area (Å²) in [6.45, 7) is 6.61. The number of rotatable bonds is 6. The number of nitrogens with one attached hydrogen (secondary N) is 1. The van der Waals surface area contributed by atoms with Crippen LogP contribution < -0.4 is 14.5 Å². The van der Waals surface area contributed by atoms with Gasteiger partial charge in [-0.25, -0.2) is 4.68 Å². The van der Waals surface area contributed by atoms with Crippen molar-refractivity contribution in [3.63, 3.8) is 0 Å². The Kier molecular flexibility index (Phi) is 6.10. The second-order valence-corrected chi connectivity index (χ2v) is 8.08. The second kappa shape index (κ2) is 8.90. The first kappa shape index (κ1) is 19.2. The molecule has 1 N–H and O–H groups in total. The minimum atomic E-state index is 0.384. The van der Waals surface area contributed by atoms with Crippen LogP contribution in [0.5, 0.6) is 5.75 Å². The van der Waals surface area contributed by atoms with E-state index in [9.17, 15) is 0 Å². The van der Waals surface area contributed by atoms with E-state index in [2.05, 4.69) is 44.2 Å². The quantitative estimate of drug-likeness (QED) is 0.825. The highest BCUT2D eigenvalue weighted by Crippen LogP contribution is 2.29. The van der Waals surface area contributed by atoms with Crippen LogP contribution >= 0.6 is 0 Å². The third-order valence-electron chi connectivity index (χ3n) is 6.49. The number of quaternary nitrogens is 1. The van der Waals surface area contributed by atoms with Gasteiger partial charge in [-0.2, -0.15) is 0 Å². The van der Waals surface area contributed by atoms with Crippen LogP contribution in [0.4, 0.5) is 5.69 Å². The largest absolute Gasteiger partial charge is 0.497 e. The van der Waals surface area contributed by atoms with Crippen molar-refractivity contribution in [2.75, 3.05) is 38.2 Å². The van der Waals surface area contributed by atoms with Gasteiger partial charge in [0.25, 0.3) is 0 Å². The van der Waals surface area contributed by atoms with Gasteiger partial charge in [0.05, 0.1) is 39.3 Å². The number of hydrogen-bond acceptors (Lipinski definition) is 5. The van der Waals surface area contributed by atoms with Gasteiger partial charge in [-0.3, -0.25) is 0 Å². The van der Waals surface area contributed by atoms with E-state index in [1.165, 1.54) is 37.8 Å². The molecule has 7 heteroatoms. The minimum Gasteiger partial charge on any atom is -0.497 e. The van der Waals surface area contributed by atoms with Crippen molar-refractivity contribution < 1.29 is 9.64 Å². The molecule has 0 amide bonds. The van der Waals surface area contributed by atoms with Crippen molar-refractivity contribution in [1.82, 2.24) is 20.2 Å². The zero-order valence-electron chi connectivity index (χ0n) is 17.2. The number of hydrogen-bond donors (Lipinski definition) is 1. The lowest BCUT2D eigenvalue weighted by Gasteiger charge is -2.37. The molecule has 0 bridgehead atoms. The summed E-state index contributed by atoms with van der Waals surface area (Å²) in [6.07, 6.45) is 7.46. The highest BCUT2D eigenvalue weighted by Gasteiger charge is 2.33. The van der Waals surface area contributed by atoms with Crippen LogP contribution in [0.3, 0.4) is 0 Å². The molecule has 2 fully saturated rings. The van der Waals surface area contributed by atoms with Gasteiger partial charge < -0.3 is 14.5 Å². The molecule has 2 heterocycles. The van der Waals surface area contributed by atoms with E-state index >= 15 is 0 Å². The molecule has 1 atom stereocenters. The standard InChI is InChI=1S/C21H32N6O/c1-3-20(21-22-23-24-27(21)18-7-5-4-6-8-18)26-15-13-25(14-16-26)17-9-11-19(28-2)12-10-17/h9-12,18,20H,3-8,13-16H2,1-2H3/p+1/t20-/m0/s1. The highest BCUT2D eigenvalue weighted by molar-refractivity contribution is 5.49. The number of nitrogens with zero attached hydrogens (tertiary/aromatic N) is 5. The SMILES string of the molecule is CC[C@@H](c1nnnn1C1CCCCC1)[NH+]1CCN(c2ccc(OC)cc2)CC1. The van der Waals surface area contributed by atoms with Gasteiger partial charge in [0, 0.05) is 12.1 Å². The van der Waals surface area contributed by atoms with Crippen LogP contribution in [0, 0.1) is 0 Å². The van der Waals surface area contributed by atoms with Gasteiger partial charge in [0.15, 0.2) is 0 Å². The number of piperazine rings is 1. The van der Waals surface area contributed by atoms with Crippen molar-refractivity contribution >= 4 is 5.69 Å². The zero-order chi connectivity index (χ0) is 19.3. The van der Waals surface area contributed by atoms with Crippen molar-refractivity contribution in [2.45, 2.75) is 57.5 Å². The predicted octanol–water partition coefficient (Wildman–Crippen LogP) is 2.04. The molecule has 1 aromatic carbocycles. The molecule has 7 nitrogen and oxygen atoms in total. The average Bonchev–Trinajstić information content (AvgIpc) is 3.25. The maximum atomic E-state index is 5.28. The second-order valence-electron chi connectivity index (χ2n) is 8.08. The van der Waals surface area contributed by atoms with Gasteiger partial charge in [-0.1, -0.05) is 26.2 Å². The van der Waals surface area contributed by atoms with Crippen molar-refractivity contribution in [2.24, 2.45) is 0 Å². The van der Waals surface area contributed by atoms with E-state index in [1.807, 2.05) is 12.1 Å². The molecule has 0 spiro atoms. The van der Waals surface area contributed by atoms with E-state index < -0.39 is 0 Å². The molecule has 2 aliphatic rings. The van der Waals surface area contributed by atoms with Gasteiger partial charge in [-0.05, 0) is 47.5 Å². The number of methoxy groups -OCH3 is 1. The third-order valence-corrected chi connectivity index (χ3v) is 6.49. The molecule has 2 aromatic rings. The highest BCUT2D eigenvalue weighted by atomic mass is 16.5. The Hall–Kier alpha value is -2.15. The molecule has 1 aromatic heterocycles. The van der Waals surface area contributed by atoms with Crippen molar-refractivity contribution in [3.05, 3.63) is 30.1 Å². The first-order valence-electron chi connectivity index (χ1n) is 10.8. The number of tetrazole rings is 1. The zero-order valence-corrected chi connectivity index (χ0v) is 17.2. The fraction of sp³-hybridized carbons (Fsp3) is 0.667. The van der Waals surface area contributed by atoms with Gasteiger partial charge >= 0.3 is 0 Å². The lowest BCUT2D eigenvalue weighted by molar-refractivity contribution is -0.933. The predicted molar refractivity (Wildman–Crippen MR) is 109 cm³/mol. The summed E-state index contributed by atoms with van der Waals surface area (Å²) < 4.78 is 7.44. The molecule has 28 heavy (non-hydrogen) atoms. The third kappa shape index (κ3) is 3.99. The normalized spacial score (nSPS) is 20.3.